The number of aromatic nitrogens is 2. The Morgan fingerprint density at radius 3 is 1.48 bits per heavy atom. The highest BCUT2D eigenvalue weighted by Crippen LogP contribution is 2.37. The summed E-state index contributed by atoms with van der Waals surface area (Å²) in [4.78, 5) is 9.11. The van der Waals surface area contributed by atoms with Crippen molar-refractivity contribution in [3.05, 3.63) is 174 Å². The summed E-state index contributed by atoms with van der Waals surface area (Å²) >= 11 is 0. The highest BCUT2D eigenvalue weighted by molar-refractivity contribution is 6.30. The van der Waals surface area contributed by atoms with Gasteiger partial charge in [-0.3, -0.25) is 0 Å². The van der Waals surface area contributed by atoms with Crippen molar-refractivity contribution >= 4 is 28.1 Å². The Bertz CT molecular complexity index is 2890. The van der Waals surface area contributed by atoms with Crippen LogP contribution in [0.5, 0.6) is 0 Å². The van der Waals surface area contributed by atoms with Crippen LogP contribution < -0.4 is 16.0 Å². The van der Waals surface area contributed by atoms with Gasteiger partial charge in [0.05, 0.1) is 39.5 Å². The fourth-order valence-corrected chi connectivity index (χ4v) is 6.45. The van der Waals surface area contributed by atoms with Crippen molar-refractivity contribution in [3.63, 3.8) is 0 Å². The van der Waals surface area contributed by atoms with Crippen LogP contribution in [0.15, 0.2) is 47.1 Å². The number of allylic oxidation sites excluding steroid dienone is 3. The molecule has 0 spiro atoms. The Morgan fingerprint density at radius 2 is 1.00 bits per heavy atom. The van der Waals surface area contributed by atoms with Crippen molar-refractivity contribution in [1.29, 1.82) is 0 Å². The molecule has 4 heterocycles. The topological polar surface area (TPSA) is 56.0 Å². The standard InChI is InChI=1S/C39H15F15N4/c1-3-4-17-39-11(2)9-18(58-39)21(23-28(44)34(50)38(54)35(51)29(23)45)16-8-7-15(57-16)20(22-26(42)32(48)37(53)33(49)27(22)43)14-6-5-13(56-14)12(10-55-17)19-24(40)30(46)36(52)31(47)25(19)41/h1,4-9,55,57-58H,10H2,2H3/b13-12+,17-4-,20-15+,21-16+. The maximum Gasteiger partial charge on any atom is 0.200 e. The number of hydrogen-bond acceptors (Lipinski definition) is 2. The van der Waals surface area contributed by atoms with E-state index in [2.05, 4.69) is 26.2 Å². The summed E-state index contributed by atoms with van der Waals surface area (Å²) in [5.74, 6) is -34.6. The lowest BCUT2D eigenvalue weighted by Crippen LogP contribution is -2.22. The second-order valence-electron chi connectivity index (χ2n) is 12.4. The van der Waals surface area contributed by atoms with Gasteiger partial charge in [-0.2, -0.15) is 0 Å². The molecule has 7 rings (SSSR count). The summed E-state index contributed by atoms with van der Waals surface area (Å²) in [7, 11) is 0. The van der Waals surface area contributed by atoms with Crippen LogP contribution in [0.1, 0.15) is 33.6 Å². The fraction of sp³-hybridized carbons (Fsp3) is 0.0513. The predicted molar refractivity (Wildman–Crippen MR) is 177 cm³/mol. The van der Waals surface area contributed by atoms with Gasteiger partial charge in [0.25, 0.3) is 0 Å². The molecule has 4 nitrogen and oxygen atoms in total. The largest absolute Gasteiger partial charge is 0.379 e. The van der Waals surface area contributed by atoms with E-state index in [1.165, 1.54) is 6.92 Å². The second-order valence-corrected chi connectivity index (χ2v) is 12.4. The van der Waals surface area contributed by atoms with Gasteiger partial charge in [0.15, 0.2) is 69.8 Å². The quantitative estimate of drug-likeness (QED) is 0.0732. The number of halogens is 15. The molecule has 0 saturated carbocycles. The van der Waals surface area contributed by atoms with E-state index in [1.807, 2.05) is 0 Å². The molecule has 3 aromatic carbocycles. The Morgan fingerprint density at radius 1 is 0.569 bits per heavy atom. The molecular weight excluding hydrogens is 809 g/mol. The summed E-state index contributed by atoms with van der Waals surface area (Å²) in [6, 6.07) is 2.78. The van der Waals surface area contributed by atoms with Crippen molar-refractivity contribution in [1.82, 2.24) is 15.3 Å². The molecular formula is C39H15F15N4. The van der Waals surface area contributed by atoms with Crippen molar-refractivity contribution in [3.8, 4) is 12.3 Å². The molecule has 5 aromatic rings. The van der Waals surface area contributed by atoms with Crippen LogP contribution in [0, 0.1) is 107 Å². The lowest BCUT2D eigenvalue weighted by atomic mass is 9.98. The Labute approximate surface area is 313 Å². The molecule has 6 bridgehead atoms. The van der Waals surface area contributed by atoms with E-state index in [-0.39, 0.29) is 17.0 Å². The lowest BCUT2D eigenvalue weighted by Gasteiger charge is -2.17. The number of H-pyrrole nitrogens is 2. The molecule has 296 valence electrons. The number of aryl methyl sites for hydroxylation is 1. The molecule has 0 aliphatic carbocycles. The number of terminal acetylenes is 1. The summed E-state index contributed by atoms with van der Waals surface area (Å²) in [6.45, 7) is 0.351. The van der Waals surface area contributed by atoms with Gasteiger partial charge in [-0.05, 0) is 42.8 Å². The van der Waals surface area contributed by atoms with Crippen LogP contribution in [0.2, 0.25) is 0 Å². The minimum absolute atomic E-state index is 0.0735. The molecule has 0 saturated heterocycles. The first-order valence-electron chi connectivity index (χ1n) is 16.0. The number of nitrogens with zero attached hydrogens (tertiary/aromatic N) is 1. The van der Waals surface area contributed by atoms with Crippen LogP contribution >= 0.6 is 0 Å². The third-order valence-corrected chi connectivity index (χ3v) is 9.10. The van der Waals surface area contributed by atoms with Crippen molar-refractivity contribution in [2.75, 3.05) is 6.54 Å². The highest BCUT2D eigenvalue weighted by atomic mass is 19.2. The fourth-order valence-electron chi connectivity index (χ4n) is 6.45. The zero-order chi connectivity index (χ0) is 42.2. The van der Waals surface area contributed by atoms with Gasteiger partial charge < -0.3 is 15.3 Å². The highest BCUT2D eigenvalue weighted by Gasteiger charge is 2.34. The minimum Gasteiger partial charge on any atom is -0.379 e. The lowest BCUT2D eigenvalue weighted by molar-refractivity contribution is 0.376. The Kier molecular flexibility index (Phi) is 9.69. The molecule has 0 fully saturated rings. The second kappa shape index (κ2) is 14.3. The third-order valence-electron chi connectivity index (χ3n) is 9.10. The van der Waals surface area contributed by atoms with Gasteiger partial charge in [0.1, 0.15) is 0 Å². The molecule has 0 atom stereocenters. The number of aliphatic imine (C=N–C) groups is 1. The maximum atomic E-state index is 15.6. The monoisotopic (exact) mass is 824 g/mol. The smallest absolute Gasteiger partial charge is 0.200 e. The third kappa shape index (κ3) is 5.89. The molecule has 19 heteroatoms. The predicted octanol–water partition coefficient (Wildman–Crippen LogP) is 8.18. The minimum atomic E-state index is -2.61. The molecule has 3 N–H and O–H groups in total. The Balaban J connectivity index is 1.71. The van der Waals surface area contributed by atoms with Crippen molar-refractivity contribution in [2.24, 2.45) is 4.99 Å². The zero-order valence-electron chi connectivity index (χ0n) is 28.4. The number of fused-ring (bicyclic) bond motifs is 5. The molecule has 0 radical (unpaired) electrons. The van der Waals surface area contributed by atoms with Crippen LogP contribution in [0.3, 0.4) is 0 Å². The SMILES string of the molecule is C#C/C=C1\NC/C(c2c(F)c(F)c(F)c(F)c2F)=C2/C=CC(=N2)/C(c2c(F)c(F)c(F)c(F)c2F)=c2/cc/c([nH]2)=C(\c2c(F)c(F)c(F)c(F)c2F)c2cc(C)c1[nH]2. The maximum absolute atomic E-state index is 15.6. The van der Waals surface area contributed by atoms with Gasteiger partial charge in [0.2, 0.25) is 17.5 Å². The molecule has 2 aromatic heterocycles. The summed E-state index contributed by atoms with van der Waals surface area (Å²) < 4.78 is 224. The van der Waals surface area contributed by atoms with Crippen molar-refractivity contribution in [2.45, 2.75) is 6.92 Å². The van der Waals surface area contributed by atoms with Crippen LogP contribution in [-0.4, -0.2) is 22.2 Å². The van der Waals surface area contributed by atoms with E-state index in [0.29, 0.717) is 0 Å². The van der Waals surface area contributed by atoms with E-state index in [1.54, 1.807) is 0 Å². The van der Waals surface area contributed by atoms with Crippen LogP contribution in [0.25, 0.3) is 22.4 Å². The average Bonchev–Trinajstić information content (AvgIpc) is 3.97. The summed E-state index contributed by atoms with van der Waals surface area (Å²) in [5.41, 5.74) is -9.97. The zero-order valence-corrected chi connectivity index (χ0v) is 28.4. The number of benzene rings is 3. The van der Waals surface area contributed by atoms with E-state index in [9.17, 15) is 39.5 Å². The molecule has 0 unspecified atom stereocenters. The molecule has 2 aliphatic rings. The van der Waals surface area contributed by atoms with Gasteiger partial charge >= 0.3 is 0 Å². The van der Waals surface area contributed by atoms with E-state index < -0.39 is 155 Å². The number of aromatic amines is 2. The van der Waals surface area contributed by atoms with E-state index in [4.69, 9.17) is 6.42 Å². The average molecular weight is 825 g/mol. The number of hydrogen-bond donors (Lipinski definition) is 3. The van der Waals surface area contributed by atoms with Crippen LogP contribution in [-0.2, 0) is 0 Å². The van der Waals surface area contributed by atoms with Gasteiger partial charge in [-0.15, -0.1) is 6.42 Å². The number of nitrogens with one attached hydrogen (secondary N) is 3. The first-order valence-corrected chi connectivity index (χ1v) is 16.0. The first-order chi connectivity index (χ1) is 27.4. The van der Waals surface area contributed by atoms with Crippen LogP contribution in [0.4, 0.5) is 65.9 Å². The van der Waals surface area contributed by atoms with Gasteiger partial charge in [-0.1, -0.05) is 5.92 Å². The number of rotatable bonds is 3. The summed E-state index contributed by atoms with van der Waals surface area (Å²) in [5, 5.41) is 1.27. The van der Waals surface area contributed by atoms with Gasteiger partial charge in [-0.25, -0.2) is 70.8 Å². The van der Waals surface area contributed by atoms with Gasteiger partial charge in [0, 0.05) is 45.7 Å². The Hall–Kier alpha value is -6.84. The van der Waals surface area contributed by atoms with E-state index in [0.717, 1.165) is 36.4 Å². The van der Waals surface area contributed by atoms with Crippen molar-refractivity contribution < 1.29 is 65.9 Å². The molecule has 58 heavy (non-hydrogen) atoms. The van der Waals surface area contributed by atoms with E-state index >= 15 is 26.3 Å². The first kappa shape index (κ1) is 39.4. The molecule has 2 aliphatic heterocycles. The summed E-state index contributed by atoms with van der Waals surface area (Å²) in [6.07, 6.45) is 8.04. The molecule has 0 amide bonds. The normalized spacial score (nSPS) is 18.0.